The topological polar surface area (TPSA) is 71.1 Å². The highest BCUT2D eigenvalue weighted by Gasteiger charge is 2.19. The van der Waals surface area contributed by atoms with Gasteiger partial charge in [-0.25, -0.2) is 4.98 Å². The molecule has 1 unspecified atom stereocenters. The van der Waals surface area contributed by atoms with Crippen LogP contribution in [-0.4, -0.2) is 22.0 Å². The van der Waals surface area contributed by atoms with Gasteiger partial charge >= 0.3 is 0 Å². The van der Waals surface area contributed by atoms with Gasteiger partial charge in [0, 0.05) is 17.0 Å². The van der Waals surface area contributed by atoms with Crippen molar-refractivity contribution in [2.45, 2.75) is 43.3 Å². The van der Waals surface area contributed by atoms with Gasteiger partial charge in [-0.2, -0.15) is 0 Å². The highest BCUT2D eigenvalue weighted by molar-refractivity contribution is 8.00. The van der Waals surface area contributed by atoms with Crippen LogP contribution in [0.25, 0.3) is 10.2 Å². The number of para-hydroxylation sites is 1. The minimum absolute atomic E-state index is 0.00488. The van der Waals surface area contributed by atoms with Crippen LogP contribution < -0.4 is 10.6 Å². The average Bonchev–Trinajstić information content (AvgIpc) is 3.08. The molecule has 1 aromatic heterocycles. The molecule has 0 aliphatic heterocycles. The van der Waals surface area contributed by atoms with Gasteiger partial charge in [0.05, 0.1) is 15.5 Å². The molecule has 2 N–H and O–H groups in total. The van der Waals surface area contributed by atoms with E-state index in [-0.39, 0.29) is 17.1 Å². The standard InChI is InChI=1S/C21H23N3O2S2/c1-3-8-19(25)22-14-9-7-10-15(13-14)27-17(4-2)20(26)24-21-23-16-11-5-6-12-18(16)28-21/h5-7,9-13,17H,3-4,8H2,1-2H3,(H,22,25)(H,23,24,26). The zero-order valence-corrected chi connectivity index (χ0v) is 17.5. The molecule has 0 radical (unpaired) electrons. The van der Waals surface area contributed by atoms with Gasteiger partial charge in [0.25, 0.3) is 0 Å². The molecule has 0 spiro atoms. The molecule has 0 bridgehead atoms. The molecule has 0 saturated heterocycles. The number of rotatable bonds is 8. The van der Waals surface area contributed by atoms with Crippen molar-refractivity contribution in [3.05, 3.63) is 48.5 Å². The van der Waals surface area contributed by atoms with Crippen LogP contribution in [0, 0.1) is 0 Å². The van der Waals surface area contributed by atoms with Crippen molar-refractivity contribution in [2.24, 2.45) is 0 Å². The Bertz CT molecular complexity index is 938. The van der Waals surface area contributed by atoms with Crippen molar-refractivity contribution in [2.75, 3.05) is 10.6 Å². The predicted octanol–water partition coefficient (Wildman–Crippen LogP) is 5.54. The number of benzene rings is 2. The number of anilines is 2. The lowest BCUT2D eigenvalue weighted by Gasteiger charge is -2.14. The summed E-state index contributed by atoms with van der Waals surface area (Å²) in [6.07, 6.45) is 2.00. The average molecular weight is 414 g/mol. The fraction of sp³-hybridized carbons (Fsp3) is 0.286. The van der Waals surface area contributed by atoms with Crippen molar-refractivity contribution < 1.29 is 9.59 Å². The van der Waals surface area contributed by atoms with Gasteiger partial charge < -0.3 is 10.6 Å². The molecule has 0 aliphatic rings. The van der Waals surface area contributed by atoms with Crippen LogP contribution in [0.3, 0.4) is 0 Å². The first-order valence-corrected chi connectivity index (χ1v) is 11.0. The number of aromatic nitrogens is 1. The van der Waals surface area contributed by atoms with E-state index in [0.29, 0.717) is 18.0 Å². The predicted molar refractivity (Wildman–Crippen MR) is 118 cm³/mol. The minimum Gasteiger partial charge on any atom is -0.326 e. The fourth-order valence-electron chi connectivity index (χ4n) is 2.70. The van der Waals surface area contributed by atoms with Crippen LogP contribution in [0.1, 0.15) is 33.1 Å². The monoisotopic (exact) mass is 413 g/mol. The number of nitrogens with zero attached hydrogens (tertiary/aromatic N) is 1. The van der Waals surface area contributed by atoms with Crippen molar-refractivity contribution in [1.29, 1.82) is 0 Å². The zero-order valence-electron chi connectivity index (χ0n) is 15.9. The van der Waals surface area contributed by atoms with E-state index in [9.17, 15) is 9.59 Å². The third kappa shape index (κ3) is 5.33. The van der Waals surface area contributed by atoms with Gasteiger partial charge in [-0.15, -0.1) is 11.8 Å². The number of carbonyl (C=O) groups excluding carboxylic acids is 2. The zero-order chi connectivity index (χ0) is 19.9. The Labute approximate surface area is 172 Å². The van der Waals surface area contributed by atoms with E-state index in [2.05, 4.69) is 15.6 Å². The lowest BCUT2D eigenvalue weighted by molar-refractivity contribution is -0.116. The molecule has 2 amide bonds. The molecule has 0 saturated carbocycles. The second-order valence-corrected chi connectivity index (χ2v) is 8.62. The van der Waals surface area contributed by atoms with Crippen LogP contribution in [0.2, 0.25) is 0 Å². The molecule has 7 heteroatoms. The summed E-state index contributed by atoms with van der Waals surface area (Å²) in [5.41, 5.74) is 1.64. The van der Waals surface area contributed by atoms with E-state index < -0.39 is 0 Å². The largest absolute Gasteiger partial charge is 0.326 e. The van der Waals surface area contributed by atoms with Gasteiger partial charge in [0.2, 0.25) is 11.8 Å². The van der Waals surface area contributed by atoms with E-state index in [4.69, 9.17) is 0 Å². The second kappa shape index (κ2) is 9.71. The Morgan fingerprint density at radius 2 is 1.93 bits per heavy atom. The molecule has 3 rings (SSSR count). The molecule has 1 atom stereocenters. The van der Waals surface area contributed by atoms with E-state index in [1.807, 2.05) is 62.4 Å². The molecular weight excluding hydrogens is 390 g/mol. The van der Waals surface area contributed by atoms with Gasteiger partial charge in [-0.1, -0.05) is 43.4 Å². The van der Waals surface area contributed by atoms with Crippen molar-refractivity contribution in [3.8, 4) is 0 Å². The number of nitrogens with one attached hydrogen (secondary N) is 2. The Morgan fingerprint density at radius 1 is 1.11 bits per heavy atom. The lowest BCUT2D eigenvalue weighted by atomic mass is 10.3. The fourth-order valence-corrected chi connectivity index (χ4v) is 4.58. The summed E-state index contributed by atoms with van der Waals surface area (Å²) in [4.78, 5) is 30.0. The summed E-state index contributed by atoms with van der Waals surface area (Å²) in [5, 5.41) is 6.22. The third-order valence-corrected chi connectivity index (χ3v) is 6.37. The van der Waals surface area contributed by atoms with Crippen LogP contribution in [0.5, 0.6) is 0 Å². The number of amides is 2. The summed E-state index contributed by atoms with van der Waals surface area (Å²) < 4.78 is 1.05. The number of hydrogen-bond donors (Lipinski definition) is 2. The van der Waals surface area contributed by atoms with Crippen LogP contribution in [-0.2, 0) is 9.59 Å². The maximum Gasteiger partial charge on any atom is 0.239 e. The molecule has 0 fully saturated rings. The number of carbonyl (C=O) groups is 2. The summed E-state index contributed by atoms with van der Waals surface area (Å²) >= 11 is 2.96. The molecule has 146 valence electrons. The highest BCUT2D eigenvalue weighted by Crippen LogP contribution is 2.30. The summed E-state index contributed by atoms with van der Waals surface area (Å²) in [6.45, 7) is 3.96. The first-order valence-electron chi connectivity index (χ1n) is 9.32. The van der Waals surface area contributed by atoms with Gasteiger partial charge in [0.1, 0.15) is 0 Å². The summed E-state index contributed by atoms with van der Waals surface area (Å²) in [5.74, 6) is -0.0581. The lowest BCUT2D eigenvalue weighted by Crippen LogP contribution is -2.24. The minimum atomic E-state index is -0.242. The normalized spacial score (nSPS) is 11.9. The maximum atomic E-state index is 12.7. The Kier molecular flexibility index (Phi) is 7.06. The van der Waals surface area contributed by atoms with Gasteiger partial charge in [0.15, 0.2) is 5.13 Å². The number of fused-ring (bicyclic) bond motifs is 1. The highest BCUT2D eigenvalue weighted by atomic mass is 32.2. The van der Waals surface area contributed by atoms with Gasteiger partial charge in [-0.3, -0.25) is 9.59 Å². The Balaban J connectivity index is 1.66. The quantitative estimate of drug-likeness (QED) is 0.475. The molecular formula is C21H23N3O2S2. The maximum absolute atomic E-state index is 12.7. The van der Waals surface area contributed by atoms with Gasteiger partial charge in [-0.05, 0) is 43.2 Å². The number of hydrogen-bond acceptors (Lipinski definition) is 5. The van der Waals surface area contributed by atoms with E-state index in [1.165, 1.54) is 23.1 Å². The van der Waals surface area contributed by atoms with E-state index in [0.717, 1.165) is 27.2 Å². The molecule has 3 aromatic rings. The Morgan fingerprint density at radius 3 is 2.68 bits per heavy atom. The first-order chi connectivity index (χ1) is 13.6. The second-order valence-electron chi connectivity index (χ2n) is 6.32. The molecule has 0 aliphatic carbocycles. The molecule has 1 heterocycles. The Hall–Kier alpha value is -2.38. The van der Waals surface area contributed by atoms with Crippen LogP contribution in [0.15, 0.2) is 53.4 Å². The number of thioether (sulfide) groups is 1. The van der Waals surface area contributed by atoms with Crippen molar-refractivity contribution in [1.82, 2.24) is 4.98 Å². The van der Waals surface area contributed by atoms with Crippen molar-refractivity contribution in [3.63, 3.8) is 0 Å². The SMILES string of the molecule is CCCC(=O)Nc1cccc(SC(CC)C(=O)Nc2nc3ccccc3s2)c1. The van der Waals surface area contributed by atoms with E-state index >= 15 is 0 Å². The summed E-state index contributed by atoms with van der Waals surface area (Å²) in [6, 6.07) is 15.4. The van der Waals surface area contributed by atoms with Crippen molar-refractivity contribution >= 4 is 55.9 Å². The summed E-state index contributed by atoms with van der Waals surface area (Å²) in [7, 11) is 0. The molecule has 2 aromatic carbocycles. The smallest absolute Gasteiger partial charge is 0.239 e. The molecule has 28 heavy (non-hydrogen) atoms. The first kappa shape index (κ1) is 20.4. The molecule has 5 nitrogen and oxygen atoms in total. The van der Waals surface area contributed by atoms with Crippen LogP contribution >= 0.6 is 23.1 Å². The number of thiazole rings is 1. The van der Waals surface area contributed by atoms with Crippen LogP contribution in [0.4, 0.5) is 10.8 Å². The third-order valence-electron chi connectivity index (χ3n) is 4.06. The van der Waals surface area contributed by atoms with E-state index in [1.54, 1.807) is 0 Å².